The summed E-state index contributed by atoms with van der Waals surface area (Å²) in [6, 6.07) is 0. The molecule has 0 fully saturated rings. The van der Waals surface area contributed by atoms with Crippen molar-refractivity contribution in [3.05, 3.63) is 36.6 Å². The minimum atomic E-state index is -0.622. The van der Waals surface area contributed by atoms with Gasteiger partial charge in [-0.2, -0.15) is 0 Å². The topological polar surface area (TPSA) is 105 Å². The Morgan fingerprint density at radius 1 is 0.485 bits per heavy atom. The molecule has 0 aromatic rings. The summed E-state index contributed by atoms with van der Waals surface area (Å²) in [5.74, 6) is -2.49. The summed E-state index contributed by atoms with van der Waals surface area (Å²) in [6.07, 6.45) is 0. The Bertz CT molecular complexity index is 808. The molecule has 0 spiro atoms. The average Bonchev–Trinajstić information content (AvgIpc) is 2.80. The van der Waals surface area contributed by atoms with E-state index in [0.29, 0.717) is 16.9 Å². The quantitative estimate of drug-likeness (QED) is 0.193. The van der Waals surface area contributed by atoms with Crippen molar-refractivity contribution in [2.75, 3.05) is 28.4 Å². The molecule has 17 heteroatoms. The zero-order valence-electron chi connectivity index (χ0n) is 16.8. The average molecular weight is 647 g/mol. The number of hydrogen-bond donors (Lipinski definition) is 0. The molecule has 2 aliphatic rings. The summed E-state index contributed by atoms with van der Waals surface area (Å²) >= 11 is 23.6. The molecule has 0 radical (unpaired) electrons. The molecule has 2 rings (SSSR count). The Morgan fingerprint density at radius 2 is 0.636 bits per heavy atom. The number of carbonyl (C=O) groups is 4. The molecule has 0 atom stereocenters. The van der Waals surface area contributed by atoms with Crippen LogP contribution in [-0.4, -0.2) is 52.3 Å². The van der Waals surface area contributed by atoms with E-state index < -0.39 is 23.9 Å². The maximum Gasteiger partial charge on any atom is 0.346 e. The van der Waals surface area contributed by atoms with Crippen molar-refractivity contribution in [3.63, 3.8) is 0 Å². The van der Waals surface area contributed by atoms with Gasteiger partial charge in [0.05, 0.1) is 28.4 Å². The van der Waals surface area contributed by atoms with E-state index >= 15 is 0 Å². The fourth-order valence-electron chi connectivity index (χ4n) is 1.63. The van der Waals surface area contributed by atoms with Crippen LogP contribution < -0.4 is 0 Å². The molecular formula is C16H12NiO8S8-4. The smallest absolute Gasteiger partial charge is 0.346 e. The summed E-state index contributed by atoms with van der Waals surface area (Å²) in [6.45, 7) is 0. The van der Waals surface area contributed by atoms with Crippen molar-refractivity contribution < 1.29 is 54.6 Å². The van der Waals surface area contributed by atoms with Crippen molar-refractivity contribution in [2.24, 2.45) is 0 Å². The minimum absolute atomic E-state index is 0. The summed E-state index contributed by atoms with van der Waals surface area (Å²) in [7, 11) is 4.91. The van der Waals surface area contributed by atoms with Gasteiger partial charge in [-0.3, -0.25) is 0 Å². The van der Waals surface area contributed by atoms with Gasteiger partial charge < -0.3 is 69.5 Å². The SMILES string of the molecule is COC(=O)C1=C(C(=O)OC)SC([S-])=C([S-])S1.COC(=O)C1=C(C(=O)OC)SC([S-])=C([S-])S1.[Ni]. The van der Waals surface area contributed by atoms with Crippen molar-refractivity contribution >= 4 is 121 Å². The van der Waals surface area contributed by atoms with Gasteiger partial charge >= 0.3 is 23.9 Å². The Morgan fingerprint density at radius 3 is 0.758 bits per heavy atom. The largest absolute Gasteiger partial charge is 0.774 e. The van der Waals surface area contributed by atoms with Crippen LogP contribution in [0.2, 0.25) is 0 Å². The number of thioether (sulfide) groups is 4. The van der Waals surface area contributed by atoms with Gasteiger partial charge in [0.1, 0.15) is 19.6 Å². The van der Waals surface area contributed by atoms with Crippen LogP contribution in [0.4, 0.5) is 0 Å². The van der Waals surface area contributed by atoms with Crippen molar-refractivity contribution in [3.8, 4) is 0 Å². The van der Waals surface area contributed by atoms with Gasteiger partial charge in [-0.15, -0.1) is 64.0 Å². The second-order valence-electron chi connectivity index (χ2n) is 4.84. The molecule has 0 aromatic heterocycles. The molecule has 0 amide bonds. The number of esters is 4. The van der Waals surface area contributed by atoms with Crippen LogP contribution >= 0.6 is 47.0 Å². The third kappa shape index (κ3) is 8.96. The van der Waals surface area contributed by atoms with Gasteiger partial charge in [0, 0.05) is 16.5 Å². The standard InChI is InChI=1S/2C8H8O4S4.Ni/c2*1-11-5(9)3-4(6(10)12-2)16-8(14)7(13)15-3;/h2*13-14H,1-2H3;/p-4. The molecule has 0 N–H and O–H groups in total. The van der Waals surface area contributed by atoms with E-state index in [1.54, 1.807) is 0 Å². The summed E-state index contributed by atoms with van der Waals surface area (Å²) in [5, 5.41) is 0. The third-order valence-corrected chi connectivity index (χ3v) is 9.97. The zero-order chi connectivity index (χ0) is 24.6. The number of methoxy groups -OCH3 is 4. The third-order valence-electron chi connectivity index (χ3n) is 3.01. The molecule has 8 nitrogen and oxygen atoms in total. The Balaban J connectivity index is 0.000000602. The van der Waals surface area contributed by atoms with E-state index in [1.807, 2.05) is 0 Å². The Kier molecular flexibility index (Phi) is 15.4. The molecule has 0 saturated heterocycles. The summed E-state index contributed by atoms with van der Waals surface area (Å²) in [4.78, 5) is 46.2. The van der Waals surface area contributed by atoms with Gasteiger partial charge in [-0.1, -0.05) is 0 Å². The van der Waals surface area contributed by atoms with Crippen molar-refractivity contribution in [1.82, 2.24) is 0 Å². The van der Waals surface area contributed by atoms with Crippen LogP contribution in [0.15, 0.2) is 36.6 Å². The van der Waals surface area contributed by atoms with E-state index in [9.17, 15) is 19.2 Å². The Labute approximate surface area is 239 Å². The molecule has 0 aromatic carbocycles. The molecule has 0 saturated carbocycles. The predicted molar refractivity (Wildman–Crippen MR) is 136 cm³/mol. The van der Waals surface area contributed by atoms with Gasteiger partial charge in [-0.25, -0.2) is 19.2 Å². The molecular weight excluding hydrogens is 635 g/mol. The first kappa shape index (κ1) is 32.6. The summed E-state index contributed by atoms with van der Waals surface area (Å²) < 4.78 is 19.8. The normalized spacial score (nSPS) is 15.6. The van der Waals surface area contributed by atoms with E-state index in [2.05, 4.69) is 18.9 Å². The molecule has 33 heavy (non-hydrogen) atoms. The van der Waals surface area contributed by atoms with E-state index in [-0.39, 0.29) is 36.1 Å². The first-order valence-electron chi connectivity index (χ1n) is 7.72. The first-order chi connectivity index (χ1) is 15.0. The van der Waals surface area contributed by atoms with Gasteiger partial charge in [0.2, 0.25) is 0 Å². The van der Waals surface area contributed by atoms with Crippen molar-refractivity contribution in [1.29, 1.82) is 0 Å². The number of hydrogen-bond acceptors (Lipinski definition) is 16. The minimum Gasteiger partial charge on any atom is -0.774 e. The predicted octanol–water partition coefficient (Wildman–Crippen LogP) is 2.49. The zero-order valence-corrected chi connectivity index (χ0v) is 24.4. The molecule has 0 aliphatic carbocycles. The van der Waals surface area contributed by atoms with E-state index in [4.69, 9.17) is 50.5 Å². The molecule has 0 unspecified atom stereocenters. The van der Waals surface area contributed by atoms with Gasteiger partial charge in [-0.05, 0) is 0 Å². The number of rotatable bonds is 4. The van der Waals surface area contributed by atoms with Crippen molar-refractivity contribution in [2.45, 2.75) is 0 Å². The van der Waals surface area contributed by atoms with Crippen LogP contribution in [0.3, 0.4) is 0 Å². The maximum absolute atomic E-state index is 11.4. The second-order valence-corrected chi connectivity index (χ2v) is 11.6. The van der Waals surface area contributed by atoms with Crippen LogP contribution in [0.1, 0.15) is 0 Å². The van der Waals surface area contributed by atoms with Crippen LogP contribution in [-0.2, 0) is 105 Å². The van der Waals surface area contributed by atoms with Crippen LogP contribution in [0.25, 0.3) is 0 Å². The van der Waals surface area contributed by atoms with Gasteiger partial charge in [0.15, 0.2) is 0 Å². The molecule has 186 valence electrons. The maximum atomic E-state index is 11.4. The summed E-state index contributed by atoms with van der Waals surface area (Å²) in [5.41, 5.74) is 0. The monoisotopic (exact) mass is 646 g/mol. The number of carbonyl (C=O) groups excluding carboxylic acids is 4. The first-order valence-corrected chi connectivity index (χ1v) is 12.6. The van der Waals surface area contributed by atoms with E-state index in [0.717, 1.165) is 47.0 Å². The van der Waals surface area contributed by atoms with Crippen LogP contribution in [0.5, 0.6) is 0 Å². The molecule has 2 aliphatic heterocycles. The van der Waals surface area contributed by atoms with Crippen LogP contribution in [0, 0.1) is 0 Å². The molecule has 0 bridgehead atoms. The van der Waals surface area contributed by atoms with E-state index in [1.165, 1.54) is 28.4 Å². The number of ether oxygens (including phenoxy) is 4. The fraction of sp³-hybridized carbons (Fsp3) is 0.250. The Hall–Kier alpha value is -0.386. The molecule has 2 heterocycles. The fourth-order valence-corrected chi connectivity index (χ4v) is 6.58. The van der Waals surface area contributed by atoms with Gasteiger partial charge in [0.25, 0.3) is 0 Å². The second kappa shape index (κ2) is 15.6.